The third kappa shape index (κ3) is 1.87. The molecule has 20 heavy (non-hydrogen) atoms. The molecular weight excluding hydrogens is 252 g/mol. The van der Waals surface area contributed by atoms with E-state index in [4.69, 9.17) is 4.42 Å². The summed E-state index contributed by atoms with van der Waals surface area (Å²) in [6.07, 6.45) is 2.19. The molecule has 0 spiro atoms. The van der Waals surface area contributed by atoms with Gasteiger partial charge in [0.15, 0.2) is 5.56 Å². The largest absolute Gasteiger partial charge is 0.422 e. The van der Waals surface area contributed by atoms with Gasteiger partial charge in [-0.3, -0.25) is 0 Å². The van der Waals surface area contributed by atoms with Gasteiger partial charge in [-0.2, -0.15) is 5.26 Å². The first-order valence-corrected chi connectivity index (χ1v) is 6.85. The topological polar surface area (TPSA) is 57.2 Å². The van der Waals surface area contributed by atoms with Crippen LogP contribution in [0.3, 0.4) is 0 Å². The molecule has 1 saturated heterocycles. The second-order valence-corrected chi connectivity index (χ2v) is 5.37. The van der Waals surface area contributed by atoms with Crippen molar-refractivity contribution >= 4 is 16.7 Å². The van der Waals surface area contributed by atoms with Gasteiger partial charge in [0, 0.05) is 18.5 Å². The first-order chi connectivity index (χ1) is 9.61. The van der Waals surface area contributed by atoms with E-state index in [1.165, 1.54) is 0 Å². The fourth-order valence-corrected chi connectivity index (χ4v) is 3.04. The van der Waals surface area contributed by atoms with Gasteiger partial charge in [0.05, 0.1) is 5.69 Å². The lowest BCUT2D eigenvalue weighted by atomic mass is 10.0. The molecule has 0 radical (unpaired) electrons. The average molecular weight is 268 g/mol. The van der Waals surface area contributed by atoms with Crippen molar-refractivity contribution in [1.82, 2.24) is 0 Å². The minimum Gasteiger partial charge on any atom is -0.422 e. The van der Waals surface area contributed by atoms with E-state index in [-0.39, 0.29) is 5.56 Å². The van der Waals surface area contributed by atoms with E-state index in [1.807, 2.05) is 26.0 Å². The van der Waals surface area contributed by atoms with Gasteiger partial charge in [0.25, 0.3) is 0 Å². The molecule has 1 aromatic heterocycles. The summed E-state index contributed by atoms with van der Waals surface area (Å²) in [6.45, 7) is 5.75. The van der Waals surface area contributed by atoms with Gasteiger partial charge in [-0.25, -0.2) is 4.79 Å². The number of nitrogens with zero attached hydrogens (tertiary/aromatic N) is 2. The minimum atomic E-state index is -0.535. The Kier molecular flexibility index (Phi) is 2.98. The molecule has 2 aromatic rings. The Labute approximate surface area is 117 Å². The van der Waals surface area contributed by atoms with Gasteiger partial charge in [0.2, 0.25) is 0 Å². The van der Waals surface area contributed by atoms with Crippen LogP contribution in [0.25, 0.3) is 11.0 Å². The summed E-state index contributed by atoms with van der Waals surface area (Å²) in [5.74, 6) is 0. The molecule has 1 aliphatic rings. The molecule has 1 aromatic carbocycles. The van der Waals surface area contributed by atoms with Crippen molar-refractivity contribution in [2.75, 3.05) is 18.0 Å². The molecule has 4 nitrogen and oxygen atoms in total. The number of hydrogen-bond donors (Lipinski definition) is 0. The highest BCUT2D eigenvalue weighted by atomic mass is 16.4. The standard InChI is InChI=1S/C16H16N2O2/c1-10-7-11(2)14-13(8-10)20-16(19)12(9-17)15(14)18-5-3-4-6-18/h7-8H,3-6H2,1-2H3. The zero-order valence-corrected chi connectivity index (χ0v) is 11.7. The summed E-state index contributed by atoms with van der Waals surface area (Å²) in [6, 6.07) is 5.95. The molecule has 102 valence electrons. The Balaban J connectivity index is 2.44. The van der Waals surface area contributed by atoms with Crippen molar-refractivity contribution in [2.45, 2.75) is 26.7 Å². The van der Waals surface area contributed by atoms with Crippen LogP contribution in [0, 0.1) is 25.2 Å². The molecule has 1 aliphatic heterocycles. The van der Waals surface area contributed by atoms with Gasteiger partial charge in [-0.05, 0) is 43.9 Å². The monoisotopic (exact) mass is 268 g/mol. The van der Waals surface area contributed by atoms with Crippen LogP contribution in [0.15, 0.2) is 21.3 Å². The van der Waals surface area contributed by atoms with Crippen molar-refractivity contribution in [2.24, 2.45) is 0 Å². The van der Waals surface area contributed by atoms with Crippen LogP contribution in [0.5, 0.6) is 0 Å². The van der Waals surface area contributed by atoms with Gasteiger partial charge in [-0.15, -0.1) is 0 Å². The fraction of sp³-hybridized carbons (Fsp3) is 0.375. The number of rotatable bonds is 1. The van der Waals surface area contributed by atoms with E-state index in [0.717, 1.165) is 48.1 Å². The van der Waals surface area contributed by atoms with Crippen LogP contribution >= 0.6 is 0 Å². The number of hydrogen-bond acceptors (Lipinski definition) is 4. The molecular formula is C16H16N2O2. The quantitative estimate of drug-likeness (QED) is 0.746. The van der Waals surface area contributed by atoms with Crippen molar-refractivity contribution in [3.63, 3.8) is 0 Å². The maximum Gasteiger partial charge on any atom is 0.356 e. The lowest BCUT2D eigenvalue weighted by Gasteiger charge is -2.21. The summed E-state index contributed by atoms with van der Waals surface area (Å²) in [5, 5.41) is 10.2. The van der Waals surface area contributed by atoms with E-state index in [0.29, 0.717) is 5.58 Å². The van der Waals surface area contributed by atoms with E-state index >= 15 is 0 Å². The van der Waals surface area contributed by atoms with Gasteiger partial charge >= 0.3 is 5.63 Å². The zero-order chi connectivity index (χ0) is 14.3. The number of benzene rings is 1. The Bertz CT molecular complexity index is 778. The zero-order valence-electron chi connectivity index (χ0n) is 11.7. The lowest BCUT2D eigenvalue weighted by Crippen LogP contribution is -2.22. The normalized spacial score (nSPS) is 14.8. The van der Waals surface area contributed by atoms with Crippen LogP contribution < -0.4 is 10.5 Å². The van der Waals surface area contributed by atoms with Gasteiger partial charge < -0.3 is 9.32 Å². The van der Waals surface area contributed by atoms with Crippen molar-refractivity contribution in [1.29, 1.82) is 5.26 Å². The van der Waals surface area contributed by atoms with Gasteiger partial charge in [-0.1, -0.05) is 6.07 Å². The molecule has 1 fully saturated rings. The first-order valence-electron chi connectivity index (χ1n) is 6.85. The predicted molar refractivity (Wildman–Crippen MR) is 78.1 cm³/mol. The van der Waals surface area contributed by atoms with Crippen molar-refractivity contribution < 1.29 is 4.42 Å². The Hall–Kier alpha value is -2.28. The number of aryl methyl sites for hydroxylation is 2. The van der Waals surface area contributed by atoms with E-state index in [9.17, 15) is 10.1 Å². The van der Waals surface area contributed by atoms with Crippen LogP contribution in [0.4, 0.5) is 5.69 Å². The molecule has 2 heterocycles. The predicted octanol–water partition coefficient (Wildman–Crippen LogP) is 2.88. The third-order valence-electron chi connectivity index (χ3n) is 3.86. The molecule has 3 rings (SSSR count). The van der Waals surface area contributed by atoms with E-state index < -0.39 is 5.63 Å². The highest BCUT2D eigenvalue weighted by molar-refractivity contribution is 5.96. The molecule has 0 atom stereocenters. The smallest absolute Gasteiger partial charge is 0.356 e. The molecule has 0 unspecified atom stereocenters. The summed E-state index contributed by atoms with van der Waals surface area (Å²) in [4.78, 5) is 14.2. The van der Waals surface area contributed by atoms with Crippen LogP contribution in [-0.4, -0.2) is 13.1 Å². The van der Waals surface area contributed by atoms with E-state index in [2.05, 4.69) is 11.0 Å². The van der Waals surface area contributed by atoms with Crippen molar-refractivity contribution in [3.8, 4) is 6.07 Å². The minimum absolute atomic E-state index is 0.131. The maximum atomic E-state index is 12.0. The van der Waals surface area contributed by atoms with Crippen LogP contribution in [0.2, 0.25) is 0 Å². The fourth-order valence-electron chi connectivity index (χ4n) is 3.04. The van der Waals surface area contributed by atoms with Crippen LogP contribution in [0.1, 0.15) is 29.5 Å². The Morgan fingerprint density at radius 3 is 2.60 bits per heavy atom. The van der Waals surface area contributed by atoms with Gasteiger partial charge in [0.1, 0.15) is 11.7 Å². The van der Waals surface area contributed by atoms with Crippen LogP contribution in [-0.2, 0) is 0 Å². The number of nitriles is 1. The molecule has 0 bridgehead atoms. The summed E-state index contributed by atoms with van der Waals surface area (Å²) >= 11 is 0. The Morgan fingerprint density at radius 1 is 1.25 bits per heavy atom. The second kappa shape index (κ2) is 4.68. The SMILES string of the molecule is Cc1cc(C)c2c(N3CCCC3)c(C#N)c(=O)oc2c1. The van der Waals surface area contributed by atoms with E-state index in [1.54, 1.807) is 0 Å². The molecule has 0 N–H and O–H groups in total. The highest BCUT2D eigenvalue weighted by Gasteiger charge is 2.23. The average Bonchev–Trinajstić information content (AvgIpc) is 2.90. The lowest BCUT2D eigenvalue weighted by molar-refractivity contribution is 0.557. The summed E-state index contributed by atoms with van der Waals surface area (Å²) in [7, 11) is 0. The molecule has 4 heteroatoms. The first kappa shape index (κ1) is 12.7. The maximum absolute atomic E-state index is 12.0. The Morgan fingerprint density at radius 2 is 1.95 bits per heavy atom. The molecule has 0 aliphatic carbocycles. The number of anilines is 1. The number of fused-ring (bicyclic) bond motifs is 1. The summed E-state index contributed by atoms with van der Waals surface area (Å²) in [5.41, 5.74) is 3.03. The van der Waals surface area contributed by atoms with Crippen molar-refractivity contribution in [3.05, 3.63) is 39.2 Å². The highest BCUT2D eigenvalue weighted by Crippen LogP contribution is 2.33. The molecule has 0 amide bonds. The summed E-state index contributed by atoms with van der Waals surface area (Å²) < 4.78 is 5.34. The third-order valence-corrected chi connectivity index (χ3v) is 3.86. The molecule has 0 saturated carbocycles. The second-order valence-electron chi connectivity index (χ2n) is 5.37.